The van der Waals surface area contributed by atoms with Crippen molar-refractivity contribution in [2.24, 2.45) is 0 Å². The average molecular weight is 447 g/mol. The number of hydrogen-bond donors (Lipinski definition) is 2. The van der Waals surface area contributed by atoms with E-state index in [0.29, 0.717) is 29.2 Å². The fraction of sp³-hybridized carbons (Fsp3) is 0.231. The molecule has 1 aromatic heterocycles. The highest BCUT2D eigenvalue weighted by molar-refractivity contribution is 6.05. The molecular formula is C26H26N2O5. The van der Waals surface area contributed by atoms with E-state index in [-0.39, 0.29) is 11.7 Å². The van der Waals surface area contributed by atoms with Crippen molar-refractivity contribution in [1.29, 1.82) is 0 Å². The summed E-state index contributed by atoms with van der Waals surface area (Å²) in [5.41, 5.74) is 0.844. The molecule has 1 aliphatic heterocycles. The molecule has 0 bridgehead atoms. The molecule has 0 aliphatic carbocycles. The van der Waals surface area contributed by atoms with Gasteiger partial charge in [-0.25, -0.2) is 0 Å². The summed E-state index contributed by atoms with van der Waals surface area (Å²) >= 11 is 0. The van der Waals surface area contributed by atoms with Crippen LogP contribution in [0, 0.1) is 0 Å². The van der Waals surface area contributed by atoms with E-state index >= 15 is 0 Å². The number of fused-ring (bicyclic) bond motifs is 1. The molecule has 1 atom stereocenters. The number of carbonyl (C=O) groups is 2. The van der Waals surface area contributed by atoms with Gasteiger partial charge in [-0.15, -0.1) is 0 Å². The maximum absolute atomic E-state index is 13.4. The Kier molecular flexibility index (Phi) is 6.22. The zero-order chi connectivity index (χ0) is 23.4. The minimum Gasteiger partial charge on any atom is -0.497 e. The van der Waals surface area contributed by atoms with Gasteiger partial charge in [-0.1, -0.05) is 18.2 Å². The summed E-state index contributed by atoms with van der Waals surface area (Å²) in [5.74, 6) is 0.968. The summed E-state index contributed by atoms with van der Waals surface area (Å²) in [6.07, 6.45) is 3.55. The lowest BCUT2D eigenvalue weighted by Gasteiger charge is -2.38. The van der Waals surface area contributed by atoms with Gasteiger partial charge in [0, 0.05) is 23.6 Å². The van der Waals surface area contributed by atoms with Crippen LogP contribution in [0.3, 0.4) is 0 Å². The van der Waals surface area contributed by atoms with Gasteiger partial charge in [0.25, 0.3) is 11.8 Å². The van der Waals surface area contributed by atoms with E-state index in [1.54, 1.807) is 43.5 Å². The van der Waals surface area contributed by atoms with Crippen molar-refractivity contribution in [3.63, 3.8) is 0 Å². The van der Waals surface area contributed by atoms with Crippen molar-refractivity contribution < 1.29 is 23.5 Å². The van der Waals surface area contributed by atoms with Crippen LogP contribution < -0.4 is 20.1 Å². The second-order valence-electron chi connectivity index (χ2n) is 8.39. The second kappa shape index (κ2) is 9.24. The number of methoxy groups -OCH3 is 1. The standard InChI is InChI=1S/C26H26N2O5/c1-26(2)16-22(20-14-18(31-3)11-12-23(20)33-26)28-25(30)21(15-19-10-7-13-32-19)27-24(29)17-8-5-4-6-9-17/h4-15,22H,16H2,1-3H3,(H,27,29)(H,28,30)/b21-15-/t22-/m1/s1. The number of furan rings is 1. The molecule has 1 aliphatic rings. The van der Waals surface area contributed by atoms with Crippen LogP contribution in [0.15, 0.2) is 77.0 Å². The summed E-state index contributed by atoms with van der Waals surface area (Å²) in [4.78, 5) is 26.1. The fourth-order valence-corrected chi connectivity index (χ4v) is 3.78. The first kappa shape index (κ1) is 22.2. The van der Waals surface area contributed by atoms with Gasteiger partial charge in [0.05, 0.1) is 19.4 Å². The Morgan fingerprint density at radius 1 is 1.09 bits per heavy atom. The lowest BCUT2D eigenvalue weighted by Crippen LogP contribution is -2.43. The van der Waals surface area contributed by atoms with Gasteiger partial charge in [0.15, 0.2) is 0 Å². The third-order valence-corrected chi connectivity index (χ3v) is 5.34. The first-order valence-corrected chi connectivity index (χ1v) is 10.6. The molecule has 0 unspecified atom stereocenters. The number of amides is 2. The quantitative estimate of drug-likeness (QED) is 0.545. The van der Waals surface area contributed by atoms with Gasteiger partial charge in [-0.3, -0.25) is 9.59 Å². The van der Waals surface area contributed by atoms with Crippen LogP contribution in [0.2, 0.25) is 0 Å². The summed E-state index contributed by atoms with van der Waals surface area (Å²) in [5, 5.41) is 5.77. The predicted octanol–water partition coefficient (Wildman–Crippen LogP) is 4.48. The molecule has 170 valence electrons. The van der Waals surface area contributed by atoms with E-state index in [4.69, 9.17) is 13.9 Å². The number of benzene rings is 2. The third kappa shape index (κ3) is 5.26. The van der Waals surface area contributed by atoms with Crippen molar-refractivity contribution in [3.05, 3.63) is 89.5 Å². The monoisotopic (exact) mass is 446 g/mol. The molecule has 2 N–H and O–H groups in total. The topological polar surface area (TPSA) is 89.8 Å². The van der Waals surface area contributed by atoms with Gasteiger partial charge >= 0.3 is 0 Å². The molecule has 33 heavy (non-hydrogen) atoms. The van der Waals surface area contributed by atoms with Crippen LogP contribution in [-0.4, -0.2) is 24.5 Å². The second-order valence-corrected chi connectivity index (χ2v) is 8.39. The molecule has 3 aromatic rings. The normalized spacial score (nSPS) is 16.8. The molecule has 0 spiro atoms. The van der Waals surface area contributed by atoms with Gasteiger partial charge in [0.2, 0.25) is 0 Å². The lowest BCUT2D eigenvalue weighted by molar-refractivity contribution is -0.119. The Balaban J connectivity index is 1.62. The molecule has 7 nitrogen and oxygen atoms in total. The maximum Gasteiger partial charge on any atom is 0.268 e. The van der Waals surface area contributed by atoms with Gasteiger partial charge in [-0.2, -0.15) is 0 Å². The Morgan fingerprint density at radius 3 is 2.58 bits per heavy atom. The van der Waals surface area contributed by atoms with Crippen LogP contribution in [0.1, 0.15) is 48.0 Å². The zero-order valence-corrected chi connectivity index (χ0v) is 18.8. The molecule has 7 heteroatoms. The highest BCUT2D eigenvalue weighted by Crippen LogP contribution is 2.41. The highest BCUT2D eigenvalue weighted by atomic mass is 16.5. The first-order chi connectivity index (χ1) is 15.8. The van der Waals surface area contributed by atoms with E-state index < -0.39 is 17.4 Å². The molecule has 2 heterocycles. The molecule has 0 saturated carbocycles. The van der Waals surface area contributed by atoms with Gasteiger partial charge in [0.1, 0.15) is 28.6 Å². The molecule has 0 saturated heterocycles. The minimum absolute atomic E-state index is 0.0764. The van der Waals surface area contributed by atoms with Crippen LogP contribution >= 0.6 is 0 Å². The molecule has 2 aromatic carbocycles. The van der Waals surface area contributed by atoms with Crippen molar-refractivity contribution in [3.8, 4) is 11.5 Å². The Morgan fingerprint density at radius 2 is 1.88 bits per heavy atom. The average Bonchev–Trinajstić information content (AvgIpc) is 3.31. The van der Waals surface area contributed by atoms with Crippen molar-refractivity contribution in [2.75, 3.05) is 7.11 Å². The van der Waals surface area contributed by atoms with Crippen LogP contribution in [0.25, 0.3) is 6.08 Å². The molecular weight excluding hydrogens is 420 g/mol. The zero-order valence-electron chi connectivity index (χ0n) is 18.8. The van der Waals surface area contributed by atoms with Gasteiger partial charge in [-0.05, 0) is 56.3 Å². The number of carbonyl (C=O) groups excluding carboxylic acids is 2. The van der Waals surface area contributed by atoms with Crippen molar-refractivity contribution in [1.82, 2.24) is 10.6 Å². The van der Waals surface area contributed by atoms with E-state index in [1.165, 1.54) is 12.3 Å². The number of ether oxygens (including phenoxy) is 2. The predicted molar refractivity (Wildman–Crippen MR) is 124 cm³/mol. The summed E-state index contributed by atoms with van der Waals surface area (Å²) < 4.78 is 16.8. The van der Waals surface area contributed by atoms with E-state index in [0.717, 1.165) is 5.56 Å². The first-order valence-electron chi connectivity index (χ1n) is 10.6. The molecule has 0 radical (unpaired) electrons. The minimum atomic E-state index is -0.488. The highest BCUT2D eigenvalue weighted by Gasteiger charge is 2.35. The molecule has 4 rings (SSSR count). The van der Waals surface area contributed by atoms with E-state index in [2.05, 4.69) is 10.6 Å². The van der Waals surface area contributed by atoms with Crippen LogP contribution in [0.5, 0.6) is 11.5 Å². The largest absolute Gasteiger partial charge is 0.497 e. The van der Waals surface area contributed by atoms with Crippen LogP contribution in [-0.2, 0) is 4.79 Å². The van der Waals surface area contributed by atoms with E-state index in [9.17, 15) is 9.59 Å². The summed E-state index contributed by atoms with van der Waals surface area (Å²) in [6.45, 7) is 3.94. The fourth-order valence-electron chi connectivity index (χ4n) is 3.78. The summed E-state index contributed by atoms with van der Waals surface area (Å²) in [6, 6.07) is 17.3. The maximum atomic E-state index is 13.4. The van der Waals surface area contributed by atoms with E-state index in [1.807, 2.05) is 38.1 Å². The Labute approximate surface area is 192 Å². The Hall–Kier alpha value is -4.00. The number of rotatable bonds is 6. The van der Waals surface area contributed by atoms with Crippen molar-refractivity contribution in [2.45, 2.75) is 31.9 Å². The Bertz CT molecular complexity index is 1170. The van der Waals surface area contributed by atoms with Gasteiger partial charge < -0.3 is 24.5 Å². The lowest BCUT2D eigenvalue weighted by atomic mass is 9.89. The third-order valence-electron chi connectivity index (χ3n) is 5.34. The molecule has 0 fully saturated rings. The smallest absolute Gasteiger partial charge is 0.268 e. The molecule has 2 amide bonds. The summed E-state index contributed by atoms with van der Waals surface area (Å²) in [7, 11) is 1.59. The van der Waals surface area contributed by atoms with Crippen LogP contribution in [0.4, 0.5) is 0 Å². The SMILES string of the molecule is COc1ccc2c(c1)[C@H](NC(=O)/C(=C/c1ccco1)NC(=O)c1ccccc1)CC(C)(C)O2. The number of hydrogen-bond acceptors (Lipinski definition) is 5. The number of nitrogens with one attached hydrogen (secondary N) is 2. The van der Waals surface area contributed by atoms with Crippen molar-refractivity contribution >= 4 is 17.9 Å².